The van der Waals surface area contributed by atoms with E-state index in [9.17, 15) is 17.6 Å². The zero-order valence-electron chi connectivity index (χ0n) is 13.2. The molecule has 0 N–H and O–H groups in total. The van der Waals surface area contributed by atoms with Gasteiger partial charge >= 0.3 is 5.97 Å². The van der Waals surface area contributed by atoms with E-state index >= 15 is 0 Å². The number of benzene rings is 2. The summed E-state index contributed by atoms with van der Waals surface area (Å²) in [5.74, 6) is -0.641. The largest absolute Gasteiger partial charge is 0.423 e. The van der Waals surface area contributed by atoms with Crippen molar-refractivity contribution in [3.8, 4) is 5.75 Å². The van der Waals surface area contributed by atoms with Crippen LogP contribution in [0.15, 0.2) is 41.3 Å². The standard InChI is InChI=1S/C17H16FNO4S/c1-11-7-12(3-5-14(11)18)10-24(21,22)13-4-6-16-15(8-13)19(2)9-17(20)23-16/h3-8H,9-10H2,1-2H3. The smallest absolute Gasteiger partial charge is 0.330 e. The molecule has 2 aromatic rings. The summed E-state index contributed by atoms with van der Waals surface area (Å²) in [5.41, 5.74) is 1.47. The minimum Gasteiger partial charge on any atom is -0.423 e. The summed E-state index contributed by atoms with van der Waals surface area (Å²) in [7, 11) is -1.91. The first kappa shape index (κ1) is 16.4. The number of anilines is 1. The number of nitrogens with zero attached hydrogens (tertiary/aromatic N) is 1. The number of esters is 1. The van der Waals surface area contributed by atoms with Crippen molar-refractivity contribution in [3.05, 3.63) is 53.3 Å². The first-order valence-corrected chi connectivity index (χ1v) is 8.95. The number of likely N-dealkylation sites (N-methyl/N-ethyl adjacent to an activating group) is 1. The third-order valence-corrected chi connectivity index (χ3v) is 5.56. The number of hydrogen-bond donors (Lipinski definition) is 0. The Bertz CT molecular complexity index is 924. The molecule has 0 aromatic heterocycles. The van der Waals surface area contributed by atoms with Crippen LogP contribution in [-0.2, 0) is 20.4 Å². The minimum atomic E-state index is -3.60. The van der Waals surface area contributed by atoms with Crippen molar-refractivity contribution in [1.82, 2.24) is 0 Å². The van der Waals surface area contributed by atoms with E-state index in [2.05, 4.69) is 0 Å². The zero-order chi connectivity index (χ0) is 17.5. The molecular weight excluding hydrogens is 333 g/mol. The Morgan fingerprint density at radius 3 is 2.67 bits per heavy atom. The van der Waals surface area contributed by atoms with Crippen molar-refractivity contribution in [1.29, 1.82) is 0 Å². The Hall–Kier alpha value is -2.41. The molecule has 0 unspecified atom stereocenters. The van der Waals surface area contributed by atoms with Crippen molar-refractivity contribution in [2.75, 3.05) is 18.5 Å². The monoisotopic (exact) mass is 349 g/mol. The number of sulfone groups is 1. The third kappa shape index (κ3) is 3.12. The van der Waals surface area contributed by atoms with Crippen molar-refractivity contribution in [2.24, 2.45) is 0 Å². The summed E-state index contributed by atoms with van der Waals surface area (Å²) >= 11 is 0. The minimum absolute atomic E-state index is 0.0632. The molecule has 0 spiro atoms. The molecule has 0 radical (unpaired) electrons. The second-order valence-electron chi connectivity index (χ2n) is 5.80. The van der Waals surface area contributed by atoms with Crippen LogP contribution in [0.1, 0.15) is 11.1 Å². The second-order valence-corrected chi connectivity index (χ2v) is 7.79. The lowest BCUT2D eigenvalue weighted by molar-refractivity contribution is -0.133. The molecule has 0 amide bonds. The van der Waals surface area contributed by atoms with Gasteiger partial charge in [0.1, 0.15) is 12.4 Å². The normalized spacial score (nSPS) is 14.3. The molecule has 1 aliphatic heterocycles. The molecule has 5 nitrogen and oxygen atoms in total. The van der Waals surface area contributed by atoms with Crippen molar-refractivity contribution >= 4 is 21.5 Å². The Balaban J connectivity index is 1.94. The quantitative estimate of drug-likeness (QED) is 0.629. The summed E-state index contributed by atoms with van der Waals surface area (Å²) in [6, 6.07) is 8.64. The van der Waals surface area contributed by atoms with E-state index in [1.807, 2.05) is 0 Å². The van der Waals surface area contributed by atoms with E-state index in [4.69, 9.17) is 4.74 Å². The number of hydrogen-bond acceptors (Lipinski definition) is 5. The maximum atomic E-state index is 13.3. The van der Waals surface area contributed by atoms with E-state index in [0.717, 1.165) is 0 Å². The van der Waals surface area contributed by atoms with E-state index in [-0.39, 0.29) is 29.0 Å². The summed E-state index contributed by atoms with van der Waals surface area (Å²) in [6.07, 6.45) is 0. The van der Waals surface area contributed by atoms with Crippen molar-refractivity contribution < 1.29 is 22.3 Å². The fourth-order valence-electron chi connectivity index (χ4n) is 2.61. The number of aryl methyl sites for hydroxylation is 1. The van der Waals surface area contributed by atoms with Crippen LogP contribution >= 0.6 is 0 Å². The lowest BCUT2D eigenvalue weighted by Gasteiger charge is -2.26. The summed E-state index contributed by atoms with van der Waals surface area (Å²) in [6.45, 7) is 1.65. The van der Waals surface area contributed by atoms with Crippen LogP contribution in [0.5, 0.6) is 5.75 Å². The number of fused-ring (bicyclic) bond motifs is 1. The van der Waals surface area contributed by atoms with Gasteiger partial charge in [-0.2, -0.15) is 0 Å². The lowest BCUT2D eigenvalue weighted by atomic mass is 10.1. The van der Waals surface area contributed by atoms with Crippen LogP contribution in [0.4, 0.5) is 10.1 Å². The van der Waals surface area contributed by atoms with E-state index < -0.39 is 9.84 Å². The van der Waals surface area contributed by atoms with E-state index in [1.165, 1.54) is 36.4 Å². The van der Waals surface area contributed by atoms with Gasteiger partial charge in [0, 0.05) is 7.05 Å². The highest BCUT2D eigenvalue weighted by molar-refractivity contribution is 7.90. The van der Waals surface area contributed by atoms with Crippen LogP contribution < -0.4 is 9.64 Å². The Labute approximate surface area is 139 Å². The molecule has 2 aromatic carbocycles. The first-order valence-electron chi connectivity index (χ1n) is 7.30. The number of carbonyl (C=O) groups excluding carboxylic acids is 1. The molecular formula is C17H16FNO4S. The van der Waals surface area contributed by atoms with Crippen LogP contribution in [0.3, 0.4) is 0 Å². The van der Waals surface area contributed by atoms with Crippen LogP contribution in [-0.4, -0.2) is 28.0 Å². The summed E-state index contributed by atoms with van der Waals surface area (Å²) in [5, 5.41) is 0. The topological polar surface area (TPSA) is 63.7 Å². The molecule has 0 saturated carbocycles. The SMILES string of the molecule is Cc1cc(CS(=O)(=O)c2ccc3c(c2)N(C)CC(=O)O3)ccc1F. The van der Waals surface area contributed by atoms with Gasteiger partial charge in [0.25, 0.3) is 0 Å². The number of halogens is 1. The Kier molecular flexibility index (Phi) is 4.04. The first-order chi connectivity index (χ1) is 11.3. The third-order valence-electron chi connectivity index (χ3n) is 3.87. The number of carbonyl (C=O) groups is 1. The van der Waals surface area contributed by atoms with E-state index in [1.54, 1.807) is 18.9 Å². The second kappa shape index (κ2) is 5.90. The highest BCUT2D eigenvalue weighted by Gasteiger charge is 2.24. The fourth-order valence-corrected chi connectivity index (χ4v) is 3.96. The van der Waals surface area contributed by atoms with Gasteiger partial charge in [0.15, 0.2) is 15.6 Å². The van der Waals surface area contributed by atoms with Gasteiger partial charge in [-0.3, -0.25) is 0 Å². The van der Waals surface area contributed by atoms with Gasteiger partial charge in [-0.25, -0.2) is 17.6 Å². The van der Waals surface area contributed by atoms with Gasteiger partial charge < -0.3 is 9.64 Å². The van der Waals surface area contributed by atoms with Gasteiger partial charge in [-0.05, 0) is 42.3 Å². The molecule has 126 valence electrons. The van der Waals surface area contributed by atoms with Gasteiger partial charge in [0.05, 0.1) is 16.3 Å². The lowest BCUT2D eigenvalue weighted by Crippen LogP contribution is -2.33. The molecule has 1 aliphatic rings. The summed E-state index contributed by atoms with van der Waals surface area (Å²) in [4.78, 5) is 13.2. The average molecular weight is 349 g/mol. The fraction of sp³-hybridized carbons (Fsp3) is 0.235. The molecule has 0 saturated heterocycles. The molecule has 0 fully saturated rings. The van der Waals surface area contributed by atoms with Crippen molar-refractivity contribution in [2.45, 2.75) is 17.6 Å². The predicted molar refractivity (Wildman–Crippen MR) is 87.4 cm³/mol. The van der Waals surface area contributed by atoms with Gasteiger partial charge in [0.2, 0.25) is 0 Å². The molecule has 24 heavy (non-hydrogen) atoms. The van der Waals surface area contributed by atoms with Crippen molar-refractivity contribution in [3.63, 3.8) is 0 Å². The maximum Gasteiger partial charge on any atom is 0.330 e. The highest BCUT2D eigenvalue weighted by atomic mass is 32.2. The molecule has 1 heterocycles. The Morgan fingerprint density at radius 1 is 1.21 bits per heavy atom. The maximum absolute atomic E-state index is 13.3. The highest BCUT2D eigenvalue weighted by Crippen LogP contribution is 2.34. The van der Waals surface area contributed by atoms with Gasteiger partial charge in [-0.15, -0.1) is 0 Å². The van der Waals surface area contributed by atoms with Crippen LogP contribution in [0.2, 0.25) is 0 Å². The van der Waals surface area contributed by atoms with Crippen LogP contribution in [0, 0.1) is 12.7 Å². The molecule has 0 bridgehead atoms. The molecule has 0 atom stereocenters. The molecule has 7 heteroatoms. The molecule has 0 aliphatic carbocycles. The number of ether oxygens (including phenoxy) is 1. The zero-order valence-corrected chi connectivity index (χ0v) is 14.1. The predicted octanol–water partition coefficient (Wildman–Crippen LogP) is 2.46. The molecule has 3 rings (SSSR count). The number of rotatable bonds is 3. The Morgan fingerprint density at radius 2 is 1.96 bits per heavy atom. The van der Waals surface area contributed by atoms with Crippen LogP contribution in [0.25, 0.3) is 0 Å². The summed E-state index contributed by atoms with van der Waals surface area (Å²) < 4.78 is 43.7. The van der Waals surface area contributed by atoms with Gasteiger partial charge in [-0.1, -0.05) is 12.1 Å². The average Bonchev–Trinajstić information content (AvgIpc) is 2.50. The van der Waals surface area contributed by atoms with E-state index in [0.29, 0.717) is 22.6 Å².